The van der Waals surface area contributed by atoms with Gasteiger partial charge in [-0.05, 0) is 30.0 Å². The summed E-state index contributed by atoms with van der Waals surface area (Å²) in [5, 5.41) is 0. The normalized spacial score (nSPS) is 23.5. The molecule has 1 unspecified atom stereocenters. The van der Waals surface area contributed by atoms with Crippen LogP contribution in [0, 0.1) is 5.41 Å². The number of hydrogen-bond acceptors (Lipinski definition) is 3. The van der Waals surface area contributed by atoms with Crippen LogP contribution in [0.5, 0.6) is 0 Å². The third kappa shape index (κ3) is 2.83. The first-order valence-corrected chi connectivity index (χ1v) is 8.27. The average molecular weight is 307 g/mol. The van der Waals surface area contributed by atoms with E-state index in [1.165, 1.54) is 16.8 Å². The van der Waals surface area contributed by atoms with Gasteiger partial charge >= 0.3 is 5.97 Å². The second-order valence-corrected chi connectivity index (χ2v) is 6.81. The molecule has 118 valence electrons. The Kier molecular flexibility index (Phi) is 3.56. The molecular weight excluding hydrogens is 286 g/mol. The summed E-state index contributed by atoms with van der Waals surface area (Å²) in [4.78, 5) is 13.9. The summed E-state index contributed by atoms with van der Waals surface area (Å²) >= 11 is 0. The SMILES string of the molecule is O=C1CCC2(CO1)Cc1ccccc1N(Cc1ccccc1)C2. The van der Waals surface area contributed by atoms with E-state index in [0.29, 0.717) is 13.0 Å². The molecule has 1 spiro atoms. The summed E-state index contributed by atoms with van der Waals surface area (Å²) in [6.07, 6.45) is 2.47. The first-order chi connectivity index (χ1) is 11.2. The van der Waals surface area contributed by atoms with Crippen LogP contribution in [0.25, 0.3) is 0 Å². The fourth-order valence-electron chi connectivity index (χ4n) is 3.87. The Morgan fingerprint density at radius 3 is 2.61 bits per heavy atom. The molecule has 1 atom stereocenters. The van der Waals surface area contributed by atoms with Gasteiger partial charge in [-0.15, -0.1) is 0 Å². The van der Waals surface area contributed by atoms with Crippen molar-refractivity contribution in [2.75, 3.05) is 18.1 Å². The fourth-order valence-corrected chi connectivity index (χ4v) is 3.87. The molecule has 23 heavy (non-hydrogen) atoms. The van der Waals surface area contributed by atoms with Crippen LogP contribution in [0.2, 0.25) is 0 Å². The Morgan fingerprint density at radius 2 is 1.83 bits per heavy atom. The van der Waals surface area contributed by atoms with Gasteiger partial charge in [-0.3, -0.25) is 4.79 Å². The van der Waals surface area contributed by atoms with Crippen LogP contribution >= 0.6 is 0 Å². The van der Waals surface area contributed by atoms with Gasteiger partial charge in [-0.25, -0.2) is 0 Å². The molecule has 3 heteroatoms. The van der Waals surface area contributed by atoms with Crippen LogP contribution in [0.15, 0.2) is 54.6 Å². The van der Waals surface area contributed by atoms with Crippen LogP contribution in [-0.2, 0) is 22.5 Å². The van der Waals surface area contributed by atoms with Crippen molar-refractivity contribution in [3.63, 3.8) is 0 Å². The Hall–Kier alpha value is -2.29. The highest BCUT2D eigenvalue weighted by molar-refractivity contribution is 5.70. The summed E-state index contributed by atoms with van der Waals surface area (Å²) in [6, 6.07) is 19.2. The second-order valence-electron chi connectivity index (χ2n) is 6.81. The van der Waals surface area contributed by atoms with E-state index in [1.54, 1.807) is 0 Å². The number of benzene rings is 2. The number of hydrogen-bond donors (Lipinski definition) is 0. The number of esters is 1. The maximum Gasteiger partial charge on any atom is 0.305 e. The van der Waals surface area contributed by atoms with Crippen molar-refractivity contribution in [1.82, 2.24) is 0 Å². The van der Waals surface area contributed by atoms with Crippen molar-refractivity contribution in [3.05, 3.63) is 65.7 Å². The summed E-state index contributed by atoms with van der Waals surface area (Å²) in [7, 11) is 0. The smallest absolute Gasteiger partial charge is 0.305 e. The molecule has 3 nitrogen and oxygen atoms in total. The van der Waals surface area contributed by atoms with Gasteiger partial charge in [-0.1, -0.05) is 48.5 Å². The zero-order chi connectivity index (χ0) is 15.7. The standard InChI is InChI=1S/C20H21NO2/c22-19-10-11-20(15-23-19)12-17-8-4-5-9-18(17)21(14-20)13-16-6-2-1-3-7-16/h1-9H,10-15H2. The van der Waals surface area contributed by atoms with Gasteiger partial charge in [0, 0.05) is 30.6 Å². The van der Waals surface area contributed by atoms with Gasteiger partial charge in [0.05, 0.1) is 6.61 Å². The first-order valence-electron chi connectivity index (χ1n) is 8.27. The topological polar surface area (TPSA) is 29.5 Å². The number of carbonyl (C=O) groups is 1. The molecule has 0 aliphatic carbocycles. The van der Waals surface area contributed by atoms with E-state index >= 15 is 0 Å². The molecule has 0 saturated carbocycles. The number of anilines is 1. The number of para-hydroxylation sites is 1. The third-order valence-electron chi connectivity index (χ3n) is 5.04. The summed E-state index contributed by atoms with van der Waals surface area (Å²) < 4.78 is 5.42. The number of rotatable bonds is 2. The molecule has 1 fully saturated rings. The van der Waals surface area contributed by atoms with Gasteiger partial charge in [0.25, 0.3) is 0 Å². The first kappa shape index (κ1) is 14.3. The zero-order valence-corrected chi connectivity index (χ0v) is 13.2. The molecule has 2 heterocycles. The van der Waals surface area contributed by atoms with E-state index in [2.05, 4.69) is 59.5 Å². The van der Waals surface area contributed by atoms with Crippen molar-refractivity contribution in [1.29, 1.82) is 0 Å². The number of fused-ring (bicyclic) bond motifs is 1. The summed E-state index contributed by atoms with van der Waals surface area (Å²) in [5.41, 5.74) is 4.07. The minimum absolute atomic E-state index is 0.0518. The molecule has 2 aliphatic rings. The minimum atomic E-state index is -0.0518. The molecular formula is C20H21NO2. The molecule has 2 aromatic carbocycles. The maximum atomic E-state index is 11.5. The second kappa shape index (κ2) is 5.73. The van der Waals surface area contributed by atoms with Gasteiger partial charge in [-0.2, -0.15) is 0 Å². The Balaban J connectivity index is 1.65. The third-order valence-corrected chi connectivity index (χ3v) is 5.04. The van der Waals surface area contributed by atoms with E-state index in [4.69, 9.17) is 4.74 Å². The highest BCUT2D eigenvalue weighted by Gasteiger charge is 2.41. The summed E-state index contributed by atoms with van der Waals surface area (Å²) in [6.45, 7) is 2.39. The van der Waals surface area contributed by atoms with Crippen molar-refractivity contribution >= 4 is 11.7 Å². The van der Waals surface area contributed by atoms with Gasteiger partial charge in [0.2, 0.25) is 0 Å². The zero-order valence-electron chi connectivity index (χ0n) is 13.2. The molecule has 0 N–H and O–H groups in total. The number of nitrogens with zero attached hydrogens (tertiary/aromatic N) is 1. The Labute approximate surface area is 136 Å². The number of ether oxygens (including phenoxy) is 1. The molecule has 0 amide bonds. The molecule has 0 radical (unpaired) electrons. The number of cyclic esters (lactones) is 1. The van der Waals surface area contributed by atoms with Crippen molar-refractivity contribution in [3.8, 4) is 0 Å². The molecule has 2 aromatic rings. The van der Waals surface area contributed by atoms with Crippen molar-refractivity contribution in [2.24, 2.45) is 5.41 Å². The minimum Gasteiger partial charge on any atom is -0.465 e. The average Bonchev–Trinajstić information content (AvgIpc) is 2.59. The Morgan fingerprint density at radius 1 is 1.04 bits per heavy atom. The van der Waals surface area contributed by atoms with Crippen LogP contribution in [0.1, 0.15) is 24.0 Å². The van der Waals surface area contributed by atoms with E-state index < -0.39 is 0 Å². The fraction of sp³-hybridized carbons (Fsp3) is 0.350. The Bertz CT molecular complexity index is 701. The van der Waals surface area contributed by atoms with E-state index in [1.807, 2.05) is 0 Å². The molecule has 0 aromatic heterocycles. The lowest BCUT2D eigenvalue weighted by atomic mass is 9.74. The number of carbonyl (C=O) groups excluding carboxylic acids is 1. The molecule has 2 aliphatic heterocycles. The van der Waals surface area contributed by atoms with Crippen LogP contribution in [0.4, 0.5) is 5.69 Å². The lowest BCUT2D eigenvalue weighted by Gasteiger charge is -2.46. The van der Waals surface area contributed by atoms with E-state index in [0.717, 1.165) is 25.9 Å². The lowest BCUT2D eigenvalue weighted by Crippen LogP contribution is -2.48. The van der Waals surface area contributed by atoms with Crippen molar-refractivity contribution in [2.45, 2.75) is 25.8 Å². The van der Waals surface area contributed by atoms with Crippen LogP contribution in [-0.4, -0.2) is 19.1 Å². The van der Waals surface area contributed by atoms with Gasteiger partial charge in [0.15, 0.2) is 0 Å². The summed E-state index contributed by atoms with van der Waals surface area (Å²) in [5.74, 6) is -0.0518. The molecule has 1 saturated heterocycles. The molecule has 4 rings (SSSR count). The maximum absolute atomic E-state index is 11.5. The quantitative estimate of drug-likeness (QED) is 0.794. The monoisotopic (exact) mass is 307 g/mol. The van der Waals surface area contributed by atoms with Gasteiger partial charge < -0.3 is 9.64 Å². The van der Waals surface area contributed by atoms with Crippen LogP contribution in [0.3, 0.4) is 0 Å². The van der Waals surface area contributed by atoms with Gasteiger partial charge in [0.1, 0.15) is 0 Å². The van der Waals surface area contributed by atoms with Crippen LogP contribution < -0.4 is 4.90 Å². The van der Waals surface area contributed by atoms with Crippen molar-refractivity contribution < 1.29 is 9.53 Å². The highest BCUT2D eigenvalue weighted by atomic mass is 16.5. The highest BCUT2D eigenvalue weighted by Crippen LogP contribution is 2.42. The predicted octanol–water partition coefficient (Wildman–Crippen LogP) is 3.57. The largest absolute Gasteiger partial charge is 0.465 e. The predicted molar refractivity (Wildman–Crippen MR) is 90.3 cm³/mol. The lowest BCUT2D eigenvalue weighted by molar-refractivity contribution is -0.154. The molecule has 0 bridgehead atoms. The van der Waals surface area contributed by atoms with E-state index in [-0.39, 0.29) is 11.4 Å². The van der Waals surface area contributed by atoms with E-state index in [9.17, 15) is 4.79 Å².